The quantitative estimate of drug-likeness (QED) is 0.363. The molecular weight excluding hydrogens is 488 g/mol. The summed E-state index contributed by atoms with van der Waals surface area (Å²) >= 11 is 2.65. The van der Waals surface area contributed by atoms with Gasteiger partial charge in [0.05, 0.1) is 17.4 Å². The van der Waals surface area contributed by atoms with Crippen LogP contribution in [0.15, 0.2) is 41.3 Å². The average Bonchev–Trinajstić information content (AvgIpc) is 3.17. The Hall–Kier alpha value is -3.62. The molecule has 2 heterocycles. The Balaban J connectivity index is 1.70. The van der Waals surface area contributed by atoms with Crippen molar-refractivity contribution in [2.45, 2.75) is 43.4 Å². The van der Waals surface area contributed by atoms with Gasteiger partial charge in [-0.3, -0.25) is 14.4 Å². The second-order valence-electron chi connectivity index (χ2n) is 7.70. The second-order valence-corrected chi connectivity index (χ2v) is 10.1. The third-order valence-corrected chi connectivity index (χ3v) is 7.76. The van der Waals surface area contributed by atoms with E-state index in [0.717, 1.165) is 27.5 Å². The Morgan fingerprint density at radius 1 is 1.29 bits per heavy atom. The fourth-order valence-corrected chi connectivity index (χ4v) is 5.77. The highest BCUT2D eigenvalue weighted by Crippen LogP contribution is 2.37. The summed E-state index contributed by atoms with van der Waals surface area (Å²) in [4.78, 5) is 50.6. The lowest BCUT2D eigenvalue weighted by atomic mass is 10.0. The summed E-state index contributed by atoms with van der Waals surface area (Å²) < 4.78 is 0. The predicted molar refractivity (Wildman–Crippen MR) is 134 cm³/mol. The van der Waals surface area contributed by atoms with Gasteiger partial charge in [-0.25, -0.2) is 4.79 Å². The lowest BCUT2D eigenvalue weighted by molar-refractivity contribution is -0.132. The number of hydrogen-bond donors (Lipinski definition) is 3. The number of hydrogen-bond acceptors (Lipinski definition) is 7. The topological polar surface area (TPSA) is 140 Å². The van der Waals surface area contributed by atoms with Gasteiger partial charge >= 0.3 is 5.97 Å². The van der Waals surface area contributed by atoms with E-state index in [1.165, 1.54) is 30.0 Å². The molecule has 1 unspecified atom stereocenters. The van der Waals surface area contributed by atoms with Crippen LogP contribution in [0.1, 0.15) is 36.3 Å². The zero-order valence-electron chi connectivity index (χ0n) is 19.2. The van der Waals surface area contributed by atoms with Crippen LogP contribution in [0.25, 0.3) is 0 Å². The van der Waals surface area contributed by atoms with Gasteiger partial charge in [-0.15, -0.1) is 23.1 Å². The third kappa shape index (κ3) is 6.71. The van der Waals surface area contributed by atoms with Crippen LogP contribution in [0, 0.1) is 11.3 Å². The first-order valence-corrected chi connectivity index (χ1v) is 12.5. The molecule has 2 aromatic rings. The number of anilines is 2. The average molecular weight is 513 g/mol. The summed E-state index contributed by atoms with van der Waals surface area (Å²) in [5.41, 5.74) is 1.82. The minimum absolute atomic E-state index is 0.0214. The normalized spacial score (nSPS) is 13.6. The molecule has 0 saturated carbocycles. The minimum Gasteiger partial charge on any atom is -0.478 e. The highest BCUT2D eigenvalue weighted by Gasteiger charge is 2.27. The van der Waals surface area contributed by atoms with Crippen molar-refractivity contribution in [1.29, 1.82) is 5.26 Å². The highest BCUT2D eigenvalue weighted by atomic mass is 32.2. The van der Waals surface area contributed by atoms with Crippen molar-refractivity contribution in [2.24, 2.45) is 0 Å². The fraction of sp³-hybridized carbons (Fsp3) is 0.292. The van der Waals surface area contributed by atoms with E-state index in [1.54, 1.807) is 23.1 Å². The molecule has 1 aromatic heterocycles. The molecule has 3 amide bonds. The number of aliphatic carboxylic acids is 1. The molecule has 9 nitrogen and oxygen atoms in total. The summed E-state index contributed by atoms with van der Waals surface area (Å²) in [6.45, 7) is 4.39. The molecule has 0 radical (unpaired) electrons. The summed E-state index contributed by atoms with van der Waals surface area (Å²) in [6, 6.07) is 9.11. The summed E-state index contributed by atoms with van der Waals surface area (Å²) in [7, 11) is 0. The Labute approximate surface area is 210 Å². The fourth-order valence-electron chi connectivity index (χ4n) is 3.54. The van der Waals surface area contributed by atoms with Gasteiger partial charge in [-0.1, -0.05) is 13.0 Å². The number of thiophene rings is 1. The van der Waals surface area contributed by atoms with Crippen LogP contribution < -0.4 is 10.6 Å². The molecule has 1 atom stereocenters. The maximum absolute atomic E-state index is 13.1. The van der Waals surface area contributed by atoms with Crippen LogP contribution >= 0.6 is 23.1 Å². The molecule has 11 heteroatoms. The number of thioether (sulfide) groups is 1. The standard InChI is InChI=1S/C24H24N4O5S2/c1-3-19(34-16-6-4-5-15(11-16)26-21(30)7-8-22(31)32)23(33)27-24-18(12-25)17-9-10-28(14(2)29)13-20(17)35-24/h4-8,11,19H,3,9-10,13H2,1-2H3,(H,26,30)(H,27,33)(H,31,32)/b8-7+. The molecular formula is C24H24N4O5S2. The van der Waals surface area contributed by atoms with Crippen molar-refractivity contribution in [3.8, 4) is 6.07 Å². The van der Waals surface area contributed by atoms with Crippen LogP contribution in [0.3, 0.4) is 0 Å². The lowest BCUT2D eigenvalue weighted by Crippen LogP contribution is -2.33. The number of nitrogens with zero attached hydrogens (tertiary/aromatic N) is 2. The monoisotopic (exact) mass is 512 g/mol. The van der Waals surface area contributed by atoms with Crippen LogP contribution in [0.5, 0.6) is 0 Å². The molecule has 35 heavy (non-hydrogen) atoms. The Kier molecular flexibility index (Phi) is 8.68. The molecule has 0 fully saturated rings. The number of carboxylic acid groups (broad SMARTS) is 1. The number of carbonyl (C=O) groups excluding carboxylic acids is 3. The molecule has 0 spiro atoms. The molecule has 0 aliphatic carbocycles. The second kappa shape index (κ2) is 11.7. The van der Waals surface area contributed by atoms with E-state index < -0.39 is 17.1 Å². The summed E-state index contributed by atoms with van der Waals surface area (Å²) in [5.74, 6) is -2.06. The molecule has 1 aliphatic rings. The van der Waals surface area contributed by atoms with Crippen LogP contribution in [0.2, 0.25) is 0 Å². The summed E-state index contributed by atoms with van der Waals surface area (Å²) in [5, 5.41) is 23.9. The van der Waals surface area contributed by atoms with E-state index in [9.17, 15) is 24.4 Å². The number of carbonyl (C=O) groups is 4. The first-order chi connectivity index (χ1) is 16.7. The predicted octanol–water partition coefficient (Wildman–Crippen LogP) is 3.61. The van der Waals surface area contributed by atoms with Gasteiger partial charge in [0.1, 0.15) is 11.1 Å². The largest absolute Gasteiger partial charge is 0.478 e. The number of nitriles is 1. The van der Waals surface area contributed by atoms with Gasteiger partial charge in [0, 0.05) is 41.1 Å². The molecule has 1 aliphatic heterocycles. The SMILES string of the molecule is CCC(Sc1cccc(NC(=O)/C=C/C(=O)O)c1)C(=O)Nc1sc2c(c1C#N)CCN(C(C)=O)C2. The van der Waals surface area contributed by atoms with Gasteiger partial charge in [0.25, 0.3) is 0 Å². The minimum atomic E-state index is -1.22. The Morgan fingerprint density at radius 2 is 2.06 bits per heavy atom. The highest BCUT2D eigenvalue weighted by molar-refractivity contribution is 8.00. The van der Waals surface area contributed by atoms with Crippen molar-refractivity contribution in [1.82, 2.24) is 4.90 Å². The maximum atomic E-state index is 13.1. The zero-order valence-corrected chi connectivity index (χ0v) is 20.8. The van der Waals surface area contributed by atoms with Crippen LogP contribution in [-0.2, 0) is 32.1 Å². The smallest absolute Gasteiger partial charge is 0.328 e. The van der Waals surface area contributed by atoms with Crippen molar-refractivity contribution in [2.75, 3.05) is 17.2 Å². The molecule has 0 saturated heterocycles. The lowest BCUT2D eigenvalue weighted by Gasteiger charge is -2.25. The third-order valence-electron chi connectivity index (χ3n) is 5.27. The van der Waals surface area contributed by atoms with E-state index in [0.29, 0.717) is 42.2 Å². The molecule has 3 rings (SSSR count). The van der Waals surface area contributed by atoms with Gasteiger partial charge in [0.15, 0.2) is 0 Å². The van der Waals surface area contributed by atoms with E-state index >= 15 is 0 Å². The number of carboxylic acids is 1. The number of amides is 3. The van der Waals surface area contributed by atoms with Gasteiger partial charge in [-0.05, 0) is 36.6 Å². The van der Waals surface area contributed by atoms with E-state index in [1.807, 2.05) is 13.0 Å². The maximum Gasteiger partial charge on any atom is 0.328 e. The van der Waals surface area contributed by atoms with E-state index in [2.05, 4.69) is 16.7 Å². The van der Waals surface area contributed by atoms with Gasteiger partial charge < -0.3 is 20.6 Å². The number of fused-ring (bicyclic) bond motifs is 1. The molecule has 182 valence electrons. The van der Waals surface area contributed by atoms with E-state index in [4.69, 9.17) is 5.11 Å². The first kappa shape index (κ1) is 26.0. The van der Waals surface area contributed by atoms with Crippen molar-refractivity contribution in [3.05, 3.63) is 52.4 Å². The number of benzene rings is 1. The van der Waals surface area contributed by atoms with Crippen LogP contribution in [0.4, 0.5) is 10.7 Å². The van der Waals surface area contributed by atoms with Crippen molar-refractivity contribution >= 4 is 57.5 Å². The molecule has 3 N–H and O–H groups in total. The van der Waals surface area contributed by atoms with E-state index in [-0.39, 0.29) is 11.8 Å². The first-order valence-electron chi connectivity index (χ1n) is 10.8. The Morgan fingerprint density at radius 3 is 2.71 bits per heavy atom. The van der Waals surface area contributed by atoms with Crippen molar-refractivity contribution < 1.29 is 24.3 Å². The van der Waals surface area contributed by atoms with Gasteiger partial charge in [-0.2, -0.15) is 5.26 Å². The summed E-state index contributed by atoms with van der Waals surface area (Å²) in [6.07, 6.45) is 2.78. The van der Waals surface area contributed by atoms with Crippen molar-refractivity contribution in [3.63, 3.8) is 0 Å². The van der Waals surface area contributed by atoms with Crippen LogP contribution in [-0.4, -0.2) is 45.5 Å². The molecule has 0 bridgehead atoms. The van der Waals surface area contributed by atoms with Gasteiger partial charge in [0.2, 0.25) is 17.7 Å². The Bertz CT molecular complexity index is 1230. The molecule has 1 aromatic carbocycles. The zero-order chi connectivity index (χ0) is 25.5. The number of rotatable bonds is 8. The number of nitrogens with one attached hydrogen (secondary N) is 2.